The van der Waals surface area contributed by atoms with E-state index in [9.17, 15) is 4.79 Å². The van der Waals surface area contributed by atoms with Crippen molar-refractivity contribution < 1.29 is 23.4 Å². The first-order valence-corrected chi connectivity index (χ1v) is 13.5. The molecule has 5 rings (SSSR count). The second kappa shape index (κ2) is 11.7. The molecule has 1 amide bonds. The van der Waals surface area contributed by atoms with Gasteiger partial charge < -0.3 is 18.6 Å². The van der Waals surface area contributed by atoms with E-state index in [1.54, 1.807) is 25.3 Å². The highest BCUT2D eigenvalue weighted by Crippen LogP contribution is 2.35. The predicted molar refractivity (Wildman–Crippen MR) is 144 cm³/mol. The Balaban J connectivity index is 1.33. The fourth-order valence-electron chi connectivity index (χ4n) is 4.40. The second-order valence-corrected chi connectivity index (χ2v) is 10.2. The Morgan fingerprint density at radius 1 is 1.11 bits per heavy atom. The third-order valence-corrected chi connectivity index (χ3v) is 7.08. The zero-order valence-electron chi connectivity index (χ0n) is 21.6. The van der Waals surface area contributed by atoms with E-state index < -0.39 is 0 Å². The van der Waals surface area contributed by atoms with E-state index in [4.69, 9.17) is 18.6 Å². The number of anilines is 1. The topological polar surface area (TPSA) is 109 Å². The summed E-state index contributed by atoms with van der Waals surface area (Å²) in [6, 6.07) is 12.5. The minimum absolute atomic E-state index is 0.212. The summed E-state index contributed by atoms with van der Waals surface area (Å²) in [5, 5.41) is 13.7. The number of amides is 1. The first-order valence-electron chi connectivity index (χ1n) is 12.6. The van der Waals surface area contributed by atoms with Crippen LogP contribution in [0.3, 0.4) is 0 Å². The van der Waals surface area contributed by atoms with Gasteiger partial charge in [0.15, 0.2) is 5.13 Å². The van der Waals surface area contributed by atoms with Crippen molar-refractivity contribution in [2.45, 2.75) is 51.6 Å². The average Bonchev–Trinajstić information content (AvgIpc) is 3.67. The molecule has 10 heteroatoms. The van der Waals surface area contributed by atoms with Crippen LogP contribution in [-0.4, -0.2) is 40.9 Å². The second-order valence-electron chi connectivity index (χ2n) is 9.38. The summed E-state index contributed by atoms with van der Waals surface area (Å²) in [6.07, 6.45) is 4.41. The molecule has 1 unspecified atom stereocenters. The van der Waals surface area contributed by atoms with Gasteiger partial charge in [-0.25, -0.2) is 4.98 Å². The van der Waals surface area contributed by atoms with Crippen molar-refractivity contribution in [1.29, 1.82) is 0 Å². The molecule has 1 saturated carbocycles. The largest absolute Gasteiger partial charge is 0.488 e. The van der Waals surface area contributed by atoms with Crippen molar-refractivity contribution in [3.05, 3.63) is 65.0 Å². The van der Waals surface area contributed by atoms with Gasteiger partial charge in [0, 0.05) is 35.6 Å². The number of aryl methyl sites for hydroxylation is 1. The van der Waals surface area contributed by atoms with E-state index in [1.807, 2.05) is 43.5 Å². The van der Waals surface area contributed by atoms with Gasteiger partial charge in [0.25, 0.3) is 5.91 Å². The van der Waals surface area contributed by atoms with Gasteiger partial charge in [-0.2, -0.15) is 0 Å². The number of hydrogen-bond acceptors (Lipinski definition) is 9. The summed E-state index contributed by atoms with van der Waals surface area (Å²) in [5.41, 5.74) is 2.05. The van der Waals surface area contributed by atoms with Crippen molar-refractivity contribution in [1.82, 2.24) is 15.2 Å². The summed E-state index contributed by atoms with van der Waals surface area (Å²) in [7, 11) is 1.61. The number of hydrogen-bond donors (Lipinski definition) is 1. The molecule has 0 spiro atoms. The average molecular weight is 535 g/mol. The van der Waals surface area contributed by atoms with Gasteiger partial charge in [-0.15, -0.1) is 21.5 Å². The van der Waals surface area contributed by atoms with Crippen LogP contribution >= 0.6 is 11.3 Å². The normalized spacial score (nSPS) is 14.4. The number of benzene rings is 2. The van der Waals surface area contributed by atoms with Crippen LogP contribution in [0.25, 0.3) is 11.5 Å². The molecule has 9 nitrogen and oxygen atoms in total. The number of carbonyl (C=O) groups excluding carboxylic acids is 1. The van der Waals surface area contributed by atoms with E-state index >= 15 is 0 Å². The van der Waals surface area contributed by atoms with Crippen molar-refractivity contribution in [2.75, 3.05) is 19.0 Å². The smallest absolute Gasteiger partial charge is 0.257 e. The van der Waals surface area contributed by atoms with Crippen molar-refractivity contribution in [2.24, 2.45) is 0 Å². The summed E-state index contributed by atoms with van der Waals surface area (Å²) in [4.78, 5) is 17.3. The highest BCUT2D eigenvalue weighted by molar-refractivity contribution is 7.13. The maximum Gasteiger partial charge on any atom is 0.257 e. The van der Waals surface area contributed by atoms with Gasteiger partial charge in [0.1, 0.15) is 23.4 Å². The van der Waals surface area contributed by atoms with Crippen LogP contribution < -0.4 is 14.8 Å². The first kappa shape index (κ1) is 25.9. The number of rotatable bonds is 10. The van der Waals surface area contributed by atoms with Crippen LogP contribution in [0.4, 0.5) is 5.13 Å². The predicted octanol–water partition coefficient (Wildman–Crippen LogP) is 6.62. The molecule has 4 aromatic rings. The minimum atomic E-state index is -0.307. The van der Waals surface area contributed by atoms with Gasteiger partial charge in [0.05, 0.1) is 12.3 Å². The molecule has 1 aliphatic carbocycles. The number of carbonyl (C=O) groups is 1. The van der Waals surface area contributed by atoms with Crippen LogP contribution in [0.1, 0.15) is 60.5 Å². The third-order valence-electron chi connectivity index (χ3n) is 6.20. The SMILES string of the molecule is COCC(C)Oc1cc(Oc2ccc(-c3nnc(C4CCCC4)o3)cc2)cc(C(=O)Nc2nc(C)cs2)c1. The molecule has 198 valence electrons. The van der Waals surface area contributed by atoms with Crippen molar-refractivity contribution >= 4 is 22.4 Å². The highest BCUT2D eigenvalue weighted by Gasteiger charge is 2.23. The molecule has 1 fully saturated rings. The summed E-state index contributed by atoms with van der Waals surface area (Å²) < 4.78 is 23.2. The Bertz CT molecular complexity index is 1380. The number of methoxy groups -OCH3 is 1. The lowest BCUT2D eigenvalue weighted by Crippen LogP contribution is -2.18. The summed E-state index contributed by atoms with van der Waals surface area (Å²) in [5.74, 6) is 2.82. The van der Waals surface area contributed by atoms with Gasteiger partial charge in [-0.3, -0.25) is 10.1 Å². The van der Waals surface area contributed by atoms with Gasteiger partial charge in [-0.1, -0.05) is 12.8 Å². The van der Waals surface area contributed by atoms with Gasteiger partial charge >= 0.3 is 0 Å². The van der Waals surface area contributed by atoms with E-state index in [-0.39, 0.29) is 12.0 Å². The Morgan fingerprint density at radius 2 is 1.87 bits per heavy atom. The zero-order chi connectivity index (χ0) is 26.5. The van der Waals surface area contributed by atoms with E-state index in [0.717, 1.165) is 30.0 Å². The Hall–Kier alpha value is -3.76. The lowest BCUT2D eigenvalue weighted by Gasteiger charge is -2.16. The molecular weight excluding hydrogens is 504 g/mol. The van der Waals surface area contributed by atoms with E-state index in [2.05, 4.69) is 20.5 Å². The molecule has 0 aliphatic heterocycles. The molecule has 0 saturated heterocycles. The molecule has 1 N–H and O–H groups in total. The quantitative estimate of drug-likeness (QED) is 0.242. The molecule has 0 bridgehead atoms. The Kier molecular flexibility index (Phi) is 8.00. The molecule has 1 aliphatic rings. The summed E-state index contributed by atoms with van der Waals surface area (Å²) in [6.45, 7) is 4.18. The van der Waals surface area contributed by atoms with E-state index in [1.165, 1.54) is 24.2 Å². The number of thiazole rings is 1. The fourth-order valence-corrected chi connectivity index (χ4v) is 5.09. The standard InChI is InChI=1S/C28H30N4O5S/c1-17-16-38-28(29-17)30-25(33)21-12-23(35-18(2)15-34-3)14-24(13-21)36-22-10-8-20(9-11-22)27-32-31-26(37-27)19-6-4-5-7-19/h8-14,16,18-19H,4-7,15H2,1-3H3,(H,29,30,33). The number of nitrogens with zero attached hydrogens (tertiary/aromatic N) is 3. The van der Waals surface area contributed by atoms with Crippen LogP contribution in [0.15, 0.2) is 52.3 Å². The lowest BCUT2D eigenvalue weighted by atomic mass is 10.1. The van der Waals surface area contributed by atoms with Gasteiger partial charge in [-0.05, 0) is 63.1 Å². The maximum atomic E-state index is 13.0. The van der Waals surface area contributed by atoms with Crippen molar-refractivity contribution in [3.8, 4) is 28.7 Å². The molecule has 1 atom stereocenters. The van der Waals surface area contributed by atoms with Crippen LogP contribution in [0, 0.1) is 6.92 Å². The van der Waals surface area contributed by atoms with Crippen molar-refractivity contribution in [3.63, 3.8) is 0 Å². The molecule has 2 heterocycles. The third kappa shape index (κ3) is 6.38. The Morgan fingerprint density at radius 3 is 2.58 bits per heavy atom. The first-order chi connectivity index (χ1) is 18.5. The fraction of sp³-hybridized carbons (Fsp3) is 0.357. The molecular formula is C28H30N4O5S. The number of ether oxygens (including phenoxy) is 3. The Labute approximate surface area is 225 Å². The summed E-state index contributed by atoms with van der Waals surface area (Å²) >= 11 is 1.37. The zero-order valence-corrected chi connectivity index (χ0v) is 22.4. The molecule has 2 aromatic heterocycles. The highest BCUT2D eigenvalue weighted by atomic mass is 32.1. The molecule has 38 heavy (non-hydrogen) atoms. The van der Waals surface area contributed by atoms with Gasteiger partial charge in [0.2, 0.25) is 11.8 Å². The van der Waals surface area contributed by atoms with Crippen LogP contribution in [-0.2, 0) is 4.74 Å². The van der Waals surface area contributed by atoms with E-state index in [0.29, 0.717) is 46.4 Å². The monoisotopic (exact) mass is 534 g/mol. The maximum absolute atomic E-state index is 13.0. The number of nitrogens with one attached hydrogen (secondary N) is 1. The minimum Gasteiger partial charge on any atom is -0.488 e. The molecule has 0 radical (unpaired) electrons. The van der Waals surface area contributed by atoms with Crippen LogP contribution in [0.5, 0.6) is 17.2 Å². The number of aromatic nitrogens is 3. The molecule has 2 aromatic carbocycles. The van der Waals surface area contributed by atoms with Crippen LogP contribution in [0.2, 0.25) is 0 Å². The lowest BCUT2D eigenvalue weighted by molar-refractivity contribution is 0.0916.